The molecule has 8 heavy (non-hydrogen) atoms. The Bertz CT molecular complexity index is 92.3. The molecule has 44 valence electrons. The zero-order valence-corrected chi connectivity index (χ0v) is 4.93. The highest BCUT2D eigenvalue weighted by Gasteiger charge is 2.52. The van der Waals surface area contributed by atoms with Gasteiger partial charge in [0, 0.05) is 12.1 Å². The smallest absolute Gasteiger partial charge is 0.0113 e. The zero-order chi connectivity index (χ0) is 5.14. The van der Waals surface area contributed by atoms with Crippen LogP contribution in [-0.4, -0.2) is 12.1 Å². The first kappa shape index (κ1) is 3.89. The third-order valence-electron chi connectivity index (χ3n) is 3.29. The van der Waals surface area contributed by atoms with E-state index < -0.39 is 0 Å². The molecule has 1 nitrogen and oxygen atoms in total. The molecule has 6 rings (SSSR count). The van der Waals surface area contributed by atoms with Crippen LogP contribution in [-0.2, 0) is 0 Å². The van der Waals surface area contributed by atoms with Gasteiger partial charge >= 0.3 is 0 Å². The summed E-state index contributed by atoms with van der Waals surface area (Å²) in [6, 6.07) is 1.93. The van der Waals surface area contributed by atoms with Crippen LogP contribution in [0.2, 0.25) is 0 Å². The van der Waals surface area contributed by atoms with Gasteiger partial charge in [-0.15, -0.1) is 0 Å². The fraction of sp³-hybridized carbons (Fsp3) is 1.00. The van der Waals surface area contributed by atoms with E-state index in [-0.39, 0.29) is 0 Å². The summed E-state index contributed by atoms with van der Waals surface area (Å²) in [6.45, 7) is 0. The predicted octanol–water partition coefficient (Wildman–Crippen LogP) is 0.757. The highest BCUT2D eigenvalue weighted by atomic mass is 15.1. The average Bonchev–Trinajstić information content (AvgIpc) is 1.60. The molecule has 2 unspecified atom stereocenters. The molecule has 3 saturated heterocycles. The Morgan fingerprint density at radius 1 is 0.875 bits per heavy atom. The topological polar surface area (TPSA) is 12.0 Å². The summed E-state index contributed by atoms with van der Waals surface area (Å²) in [4.78, 5) is 0. The maximum atomic E-state index is 3.58. The van der Waals surface area contributed by atoms with Crippen LogP contribution in [0.1, 0.15) is 19.3 Å². The lowest BCUT2D eigenvalue weighted by Crippen LogP contribution is -2.69. The van der Waals surface area contributed by atoms with Crippen molar-refractivity contribution < 1.29 is 0 Å². The lowest BCUT2D eigenvalue weighted by molar-refractivity contribution is -0.0467. The van der Waals surface area contributed by atoms with Gasteiger partial charge in [0.1, 0.15) is 0 Å². The fourth-order valence-corrected chi connectivity index (χ4v) is 2.55. The molecule has 3 aliphatic carbocycles. The van der Waals surface area contributed by atoms with Crippen molar-refractivity contribution in [1.29, 1.82) is 0 Å². The normalized spacial score (nSPS) is 66.0. The standard InChI is InChI=1S/C7H11N/c1-4-2-5(1)7-3-6(4)8-7/h4-8H,1-3H2. The number of piperidine rings is 2. The van der Waals surface area contributed by atoms with E-state index in [0.717, 1.165) is 23.9 Å². The van der Waals surface area contributed by atoms with Crippen molar-refractivity contribution in [2.75, 3.05) is 0 Å². The number of hydrogen-bond donors (Lipinski definition) is 1. The first-order chi connectivity index (χ1) is 3.93. The van der Waals surface area contributed by atoms with Crippen molar-refractivity contribution in [3.8, 4) is 0 Å². The Kier molecular flexibility index (Phi) is 0.472. The summed E-state index contributed by atoms with van der Waals surface area (Å²) >= 11 is 0. The first-order valence-electron chi connectivity index (χ1n) is 3.69. The van der Waals surface area contributed by atoms with Crippen LogP contribution in [0.3, 0.4) is 0 Å². The second-order valence-corrected chi connectivity index (χ2v) is 3.61. The minimum Gasteiger partial charge on any atom is -0.311 e. The minimum absolute atomic E-state index is 0.963. The van der Waals surface area contributed by atoms with Crippen LogP contribution in [0.5, 0.6) is 0 Å². The van der Waals surface area contributed by atoms with Crippen LogP contribution in [0.15, 0.2) is 0 Å². The van der Waals surface area contributed by atoms with E-state index in [2.05, 4.69) is 5.32 Å². The molecular formula is C7H11N. The molecule has 0 aromatic heterocycles. The van der Waals surface area contributed by atoms with E-state index in [1.54, 1.807) is 12.8 Å². The van der Waals surface area contributed by atoms with Gasteiger partial charge < -0.3 is 5.32 Å². The van der Waals surface area contributed by atoms with Crippen LogP contribution in [0.25, 0.3) is 0 Å². The Morgan fingerprint density at radius 2 is 1.38 bits per heavy atom. The van der Waals surface area contributed by atoms with E-state index in [9.17, 15) is 0 Å². The lowest BCUT2D eigenvalue weighted by Gasteiger charge is -2.61. The van der Waals surface area contributed by atoms with Crippen molar-refractivity contribution in [3.05, 3.63) is 0 Å². The molecule has 4 bridgehead atoms. The summed E-state index contributed by atoms with van der Waals surface area (Å²) in [5.74, 6) is 2.20. The monoisotopic (exact) mass is 109 g/mol. The van der Waals surface area contributed by atoms with Crippen molar-refractivity contribution >= 4 is 0 Å². The van der Waals surface area contributed by atoms with Crippen molar-refractivity contribution in [1.82, 2.24) is 5.32 Å². The molecule has 0 spiro atoms. The van der Waals surface area contributed by atoms with Gasteiger partial charge in [-0.1, -0.05) is 0 Å². The van der Waals surface area contributed by atoms with Crippen molar-refractivity contribution in [3.63, 3.8) is 0 Å². The van der Waals surface area contributed by atoms with Gasteiger partial charge in [-0.05, 0) is 31.1 Å². The maximum Gasteiger partial charge on any atom is 0.0113 e. The Morgan fingerprint density at radius 3 is 1.50 bits per heavy atom. The molecule has 6 fully saturated rings. The van der Waals surface area contributed by atoms with Gasteiger partial charge in [0.05, 0.1) is 0 Å². The van der Waals surface area contributed by atoms with Crippen molar-refractivity contribution in [2.45, 2.75) is 31.3 Å². The van der Waals surface area contributed by atoms with Gasteiger partial charge in [-0.2, -0.15) is 0 Å². The highest BCUT2D eigenvalue weighted by molar-refractivity contribution is 5.09. The molecule has 3 saturated carbocycles. The van der Waals surface area contributed by atoms with Crippen LogP contribution in [0, 0.1) is 11.8 Å². The van der Waals surface area contributed by atoms with Crippen LogP contribution < -0.4 is 5.32 Å². The predicted molar refractivity (Wildman–Crippen MR) is 31.5 cm³/mol. The maximum absolute atomic E-state index is 3.58. The van der Waals surface area contributed by atoms with Gasteiger partial charge in [-0.25, -0.2) is 0 Å². The molecule has 1 N–H and O–H groups in total. The molecule has 3 heterocycles. The fourth-order valence-electron chi connectivity index (χ4n) is 2.55. The third-order valence-corrected chi connectivity index (χ3v) is 3.29. The van der Waals surface area contributed by atoms with E-state index in [4.69, 9.17) is 0 Å². The molecule has 0 aromatic rings. The number of hydrogen-bond acceptors (Lipinski definition) is 1. The summed E-state index contributed by atoms with van der Waals surface area (Å²) in [5, 5.41) is 3.58. The Hall–Kier alpha value is -0.0400. The number of rotatable bonds is 0. The summed E-state index contributed by atoms with van der Waals surface area (Å²) in [5.41, 5.74) is 0. The third kappa shape index (κ3) is 0.255. The quantitative estimate of drug-likeness (QED) is 0.484. The lowest BCUT2D eigenvalue weighted by atomic mass is 9.55. The average molecular weight is 109 g/mol. The molecule has 2 atom stereocenters. The summed E-state index contributed by atoms with van der Waals surface area (Å²) < 4.78 is 0. The second kappa shape index (κ2) is 0.971. The van der Waals surface area contributed by atoms with E-state index in [0.29, 0.717) is 0 Å². The first-order valence-corrected chi connectivity index (χ1v) is 3.69. The van der Waals surface area contributed by atoms with Gasteiger partial charge in [-0.3, -0.25) is 0 Å². The van der Waals surface area contributed by atoms with Crippen LogP contribution >= 0.6 is 0 Å². The Labute approximate surface area is 49.5 Å². The zero-order valence-electron chi connectivity index (χ0n) is 4.93. The summed E-state index contributed by atoms with van der Waals surface area (Å²) in [6.07, 6.45) is 4.62. The van der Waals surface area contributed by atoms with E-state index in [1.165, 1.54) is 6.42 Å². The minimum atomic E-state index is 0.963. The molecular weight excluding hydrogens is 98.1 g/mol. The molecule has 6 aliphatic rings. The molecule has 0 radical (unpaired) electrons. The Balaban J connectivity index is 1.96. The van der Waals surface area contributed by atoms with Gasteiger partial charge in [0.25, 0.3) is 0 Å². The molecule has 0 amide bonds. The number of nitrogens with one attached hydrogen (secondary N) is 1. The van der Waals surface area contributed by atoms with E-state index >= 15 is 0 Å². The summed E-state index contributed by atoms with van der Waals surface area (Å²) in [7, 11) is 0. The molecule has 0 aromatic carbocycles. The van der Waals surface area contributed by atoms with Gasteiger partial charge in [0.2, 0.25) is 0 Å². The largest absolute Gasteiger partial charge is 0.311 e. The molecule has 1 heteroatoms. The van der Waals surface area contributed by atoms with Crippen molar-refractivity contribution in [2.24, 2.45) is 11.8 Å². The van der Waals surface area contributed by atoms with E-state index in [1.807, 2.05) is 0 Å². The van der Waals surface area contributed by atoms with Gasteiger partial charge in [0.15, 0.2) is 0 Å². The molecule has 3 aliphatic heterocycles. The highest BCUT2D eigenvalue weighted by Crippen LogP contribution is 2.51. The SMILES string of the molecule is C1C2CC1C1CC2N1. The second-order valence-electron chi connectivity index (χ2n) is 3.61. The van der Waals surface area contributed by atoms with Crippen LogP contribution in [0.4, 0.5) is 0 Å².